The van der Waals surface area contributed by atoms with E-state index in [2.05, 4.69) is 18.2 Å². The maximum absolute atomic E-state index is 13.7. The van der Waals surface area contributed by atoms with Gasteiger partial charge in [-0.2, -0.15) is 0 Å². The standard InChI is InChI=1S/C28H35N3O4/c1-28(2,3)35-27(34)30-16-19-13-20(17-30)15-29(14-19)26(33)24-11-12-25(32)31(24)18-22-9-6-8-21-7-4-5-10-23(21)22/h4-10,19-20,24H,11-18H2,1-3H3/t19?,20?,24-/m0/s1. The second-order valence-corrected chi connectivity index (χ2v) is 11.3. The number of piperidine rings is 2. The van der Waals surface area contributed by atoms with E-state index >= 15 is 0 Å². The Morgan fingerprint density at radius 1 is 0.943 bits per heavy atom. The highest BCUT2D eigenvalue weighted by Gasteiger charge is 2.43. The maximum Gasteiger partial charge on any atom is 0.410 e. The summed E-state index contributed by atoms with van der Waals surface area (Å²) in [6.07, 6.45) is 1.73. The molecule has 0 N–H and O–H groups in total. The van der Waals surface area contributed by atoms with Gasteiger partial charge in [-0.25, -0.2) is 4.79 Å². The molecular formula is C28H35N3O4. The first kappa shape index (κ1) is 23.6. The molecule has 3 aliphatic rings. The van der Waals surface area contributed by atoms with Crippen LogP contribution in [0.3, 0.4) is 0 Å². The summed E-state index contributed by atoms with van der Waals surface area (Å²) in [7, 11) is 0. The molecular weight excluding hydrogens is 442 g/mol. The van der Waals surface area contributed by atoms with Crippen molar-refractivity contribution < 1.29 is 19.1 Å². The third-order valence-electron chi connectivity index (χ3n) is 7.38. The van der Waals surface area contributed by atoms with E-state index in [4.69, 9.17) is 4.74 Å². The van der Waals surface area contributed by atoms with Crippen molar-refractivity contribution in [3.8, 4) is 0 Å². The van der Waals surface area contributed by atoms with Crippen LogP contribution < -0.4 is 0 Å². The summed E-state index contributed by atoms with van der Waals surface area (Å²) in [5.74, 6) is 0.575. The van der Waals surface area contributed by atoms with E-state index in [1.807, 2.05) is 49.9 Å². The van der Waals surface area contributed by atoms with Gasteiger partial charge in [0.1, 0.15) is 11.6 Å². The van der Waals surface area contributed by atoms with E-state index in [9.17, 15) is 14.4 Å². The van der Waals surface area contributed by atoms with Crippen LogP contribution in [0, 0.1) is 11.8 Å². The van der Waals surface area contributed by atoms with Crippen LogP contribution >= 0.6 is 0 Å². The monoisotopic (exact) mass is 477 g/mol. The number of rotatable bonds is 3. The van der Waals surface area contributed by atoms with Crippen molar-refractivity contribution in [3.05, 3.63) is 48.0 Å². The summed E-state index contributed by atoms with van der Waals surface area (Å²) in [5, 5.41) is 2.26. The van der Waals surface area contributed by atoms with Crippen molar-refractivity contribution in [2.24, 2.45) is 11.8 Å². The SMILES string of the molecule is CC(C)(C)OC(=O)N1CC2CC(C1)CN(C(=O)[C@@H]1CCC(=O)N1Cc1cccc3ccccc13)C2. The van der Waals surface area contributed by atoms with Crippen molar-refractivity contribution in [3.63, 3.8) is 0 Å². The minimum atomic E-state index is -0.520. The molecule has 3 heterocycles. The van der Waals surface area contributed by atoms with Gasteiger partial charge in [0.25, 0.3) is 0 Å². The van der Waals surface area contributed by atoms with Crippen molar-refractivity contribution in [2.45, 2.75) is 58.2 Å². The fourth-order valence-corrected chi connectivity index (χ4v) is 5.95. The van der Waals surface area contributed by atoms with Gasteiger partial charge in [0, 0.05) is 39.1 Å². The Morgan fingerprint density at radius 3 is 2.31 bits per heavy atom. The number of hydrogen-bond donors (Lipinski definition) is 0. The van der Waals surface area contributed by atoms with Gasteiger partial charge in [0.15, 0.2) is 0 Å². The molecule has 186 valence electrons. The summed E-state index contributed by atoms with van der Waals surface area (Å²) in [6, 6.07) is 13.9. The Balaban J connectivity index is 1.27. The van der Waals surface area contributed by atoms with Crippen LogP contribution in [-0.2, 0) is 20.9 Å². The highest BCUT2D eigenvalue weighted by atomic mass is 16.6. The van der Waals surface area contributed by atoms with Gasteiger partial charge >= 0.3 is 6.09 Å². The summed E-state index contributed by atoms with van der Waals surface area (Å²) < 4.78 is 5.57. The Kier molecular flexibility index (Phi) is 6.20. The topological polar surface area (TPSA) is 70.2 Å². The summed E-state index contributed by atoms with van der Waals surface area (Å²) in [6.45, 7) is 8.55. The smallest absolute Gasteiger partial charge is 0.410 e. The Labute approximate surface area is 207 Å². The van der Waals surface area contributed by atoms with Crippen molar-refractivity contribution in [1.82, 2.24) is 14.7 Å². The molecule has 0 saturated carbocycles. The first-order valence-corrected chi connectivity index (χ1v) is 12.7. The first-order chi connectivity index (χ1) is 16.7. The van der Waals surface area contributed by atoms with Gasteiger partial charge in [0.05, 0.1) is 0 Å². The molecule has 0 spiro atoms. The molecule has 3 amide bonds. The molecule has 7 heteroatoms. The lowest BCUT2D eigenvalue weighted by Gasteiger charge is -2.46. The number of amides is 3. The fourth-order valence-electron chi connectivity index (χ4n) is 5.95. The van der Waals surface area contributed by atoms with Crippen LogP contribution in [0.15, 0.2) is 42.5 Å². The molecule has 0 aliphatic carbocycles. The predicted molar refractivity (Wildman–Crippen MR) is 134 cm³/mol. The highest BCUT2D eigenvalue weighted by Crippen LogP contribution is 2.32. The average Bonchev–Trinajstić information content (AvgIpc) is 3.17. The van der Waals surface area contributed by atoms with Gasteiger partial charge < -0.3 is 19.4 Å². The van der Waals surface area contributed by atoms with Crippen LogP contribution in [0.1, 0.15) is 45.6 Å². The predicted octanol–water partition coefficient (Wildman–Crippen LogP) is 4.05. The Morgan fingerprint density at radius 2 is 1.60 bits per heavy atom. The second kappa shape index (κ2) is 9.17. The number of likely N-dealkylation sites (tertiary alicyclic amines) is 3. The summed E-state index contributed by atoms with van der Waals surface area (Å²) in [5.41, 5.74) is 0.549. The zero-order valence-electron chi connectivity index (χ0n) is 20.9. The van der Waals surface area contributed by atoms with Gasteiger partial charge in [-0.05, 0) is 61.8 Å². The zero-order valence-corrected chi connectivity index (χ0v) is 20.9. The lowest BCUT2D eigenvalue weighted by atomic mass is 9.84. The summed E-state index contributed by atoms with van der Waals surface area (Å²) >= 11 is 0. The lowest BCUT2D eigenvalue weighted by Crippen LogP contribution is -2.58. The van der Waals surface area contributed by atoms with Crippen LogP contribution in [0.2, 0.25) is 0 Å². The minimum absolute atomic E-state index is 0.0459. The van der Waals surface area contributed by atoms with Crippen molar-refractivity contribution in [2.75, 3.05) is 26.2 Å². The van der Waals surface area contributed by atoms with Crippen LogP contribution in [0.25, 0.3) is 10.8 Å². The Bertz CT molecular complexity index is 1120. The molecule has 0 aromatic heterocycles. The van der Waals surface area contributed by atoms with E-state index in [0.717, 1.165) is 22.8 Å². The molecule has 2 bridgehead atoms. The van der Waals surface area contributed by atoms with E-state index < -0.39 is 11.6 Å². The second-order valence-electron chi connectivity index (χ2n) is 11.3. The van der Waals surface area contributed by atoms with Crippen LogP contribution in [0.4, 0.5) is 4.79 Å². The average molecular weight is 478 g/mol. The number of fused-ring (bicyclic) bond motifs is 3. The van der Waals surface area contributed by atoms with E-state index in [-0.39, 0.29) is 29.7 Å². The molecule has 2 aromatic carbocycles. The normalized spacial score (nSPS) is 24.7. The van der Waals surface area contributed by atoms with Gasteiger partial charge in [-0.15, -0.1) is 0 Å². The van der Waals surface area contributed by atoms with E-state index in [0.29, 0.717) is 45.6 Å². The van der Waals surface area contributed by atoms with E-state index in [1.165, 1.54) is 0 Å². The maximum atomic E-state index is 13.7. The number of hydrogen-bond acceptors (Lipinski definition) is 4. The number of ether oxygens (including phenoxy) is 1. The van der Waals surface area contributed by atoms with Crippen molar-refractivity contribution >= 4 is 28.7 Å². The minimum Gasteiger partial charge on any atom is -0.444 e. The lowest BCUT2D eigenvalue weighted by molar-refractivity contribution is -0.145. The number of carbonyl (C=O) groups excluding carboxylic acids is 3. The number of nitrogens with zero attached hydrogens (tertiary/aromatic N) is 3. The van der Waals surface area contributed by atoms with Crippen LogP contribution in [-0.4, -0.2) is 70.4 Å². The fraction of sp³-hybridized carbons (Fsp3) is 0.536. The largest absolute Gasteiger partial charge is 0.444 e. The molecule has 7 nitrogen and oxygen atoms in total. The number of benzene rings is 2. The molecule has 3 aliphatic heterocycles. The number of carbonyl (C=O) groups is 3. The van der Waals surface area contributed by atoms with Gasteiger partial charge in [0.2, 0.25) is 11.8 Å². The summed E-state index contributed by atoms with van der Waals surface area (Å²) in [4.78, 5) is 44.6. The molecule has 5 rings (SSSR count). The molecule has 0 radical (unpaired) electrons. The van der Waals surface area contributed by atoms with Crippen LogP contribution in [0.5, 0.6) is 0 Å². The molecule has 35 heavy (non-hydrogen) atoms. The molecule has 2 unspecified atom stereocenters. The quantitative estimate of drug-likeness (QED) is 0.669. The third-order valence-corrected chi connectivity index (χ3v) is 7.38. The van der Waals surface area contributed by atoms with Gasteiger partial charge in [-0.1, -0.05) is 42.5 Å². The first-order valence-electron chi connectivity index (χ1n) is 12.7. The third kappa shape index (κ3) is 5.00. The molecule has 3 atom stereocenters. The van der Waals surface area contributed by atoms with Gasteiger partial charge in [-0.3, -0.25) is 9.59 Å². The zero-order chi connectivity index (χ0) is 24.7. The van der Waals surface area contributed by atoms with Crippen molar-refractivity contribution in [1.29, 1.82) is 0 Å². The molecule has 3 fully saturated rings. The molecule has 2 aromatic rings. The molecule has 3 saturated heterocycles. The highest BCUT2D eigenvalue weighted by molar-refractivity contribution is 5.92. The Hall–Kier alpha value is -3.09. The van der Waals surface area contributed by atoms with E-state index in [1.54, 1.807) is 9.80 Å².